The lowest BCUT2D eigenvalue weighted by atomic mass is 9.92. The van der Waals surface area contributed by atoms with Crippen LogP contribution in [0.3, 0.4) is 0 Å². The molecule has 0 bridgehead atoms. The molecule has 0 aliphatic carbocycles. The van der Waals surface area contributed by atoms with E-state index in [1.807, 2.05) is 36.5 Å². The Balaban J connectivity index is 1.55. The Kier molecular flexibility index (Phi) is 6.52. The first kappa shape index (κ1) is 21.0. The van der Waals surface area contributed by atoms with Crippen molar-refractivity contribution in [2.75, 3.05) is 6.54 Å². The maximum Gasteiger partial charge on any atom is 0.306 e. The monoisotopic (exact) mass is 437 g/mol. The summed E-state index contributed by atoms with van der Waals surface area (Å²) in [5.41, 5.74) is 0. The van der Waals surface area contributed by atoms with E-state index >= 15 is 0 Å². The second kappa shape index (κ2) is 9.29. The molecule has 4 aromatic rings. The fourth-order valence-electron chi connectivity index (χ4n) is 3.95. The average Bonchev–Trinajstić information content (AvgIpc) is 3.29. The zero-order chi connectivity index (χ0) is 21.1. The topological polar surface area (TPSA) is 40.5 Å². The smallest absolute Gasteiger partial charge is 0.306 e. The Morgan fingerprint density at radius 1 is 0.900 bits per heavy atom. The molecule has 2 aromatic heterocycles. The van der Waals surface area contributed by atoms with E-state index in [2.05, 4.69) is 65.6 Å². The summed E-state index contributed by atoms with van der Waals surface area (Å²) in [6.07, 6.45) is 0.669. The normalized spacial score (nSPS) is 12.9. The third-order valence-electron chi connectivity index (χ3n) is 5.59. The van der Waals surface area contributed by atoms with Crippen LogP contribution in [0.2, 0.25) is 0 Å². The Morgan fingerprint density at radius 3 is 1.83 bits per heavy atom. The number of carbonyl (C=O) groups is 1. The molecule has 1 unspecified atom stereocenters. The second-order valence-corrected chi connectivity index (χ2v) is 10.5. The minimum absolute atomic E-state index is 0.137. The third-order valence-corrected chi connectivity index (χ3v) is 7.79. The summed E-state index contributed by atoms with van der Waals surface area (Å²) < 4.78 is 2.61. The highest BCUT2D eigenvalue weighted by Crippen LogP contribution is 2.30. The molecule has 0 saturated heterocycles. The summed E-state index contributed by atoms with van der Waals surface area (Å²) in [5.74, 6) is -0.857. The first-order valence-corrected chi connectivity index (χ1v) is 12.0. The maximum absolute atomic E-state index is 11.7. The van der Waals surface area contributed by atoms with Gasteiger partial charge in [0.1, 0.15) is 0 Å². The number of hydrogen-bond acceptors (Lipinski definition) is 4. The average molecular weight is 438 g/mol. The van der Waals surface area contributed by atoms with Crippen LogP contribution in [0, 0.1) is 11.8 Å². The summed E-state index contributed by atoms with van der Waals surface area (Å²) >= 11 is 3.67. The summed E-state index contributed by atoms with van der Waals surface area (Å²) in [7, 11) is 0. The van der Waals surface area contributed by atoms with Gasteiger partial charge in [0, 0.05) is 32.2 Å². The Morgan fingerprint density at radius 2 is 1.40 bits per heavy atom. The zero-order valence-electron chi connectivity index (χ0n) is 17.4. The minimum Gasteiger partial charge on any atom is -0.481 e. The third kappa shape index (κ3) is 4.91. The van der Waals surface area contributed by atoms with Gasteiger partial charge in [0.25, 0.3) is 0 Å². The van der Waals surface area contributed by atoms with E-state index in [9.17, 15) is 9.90 Å². The number of rotatable bonds is 9. The van der Waals surface area contributed by atoms with Gasteiger partial charge in [0.2, 0.25) is 0 Å². The van der Waals surface area contributed by atoms with Crippen molar-refractivity contribution in [1.29, 1.82) is 0 Å². The van der Waals surface area contributed by atoms with E-state index in [1.165, 1.54) is 29.9 Å². The summed E-state index contributed by atoms with van der Waals surface area (Å²) in [6.45, 7) is 6.47. The van der Waals surface area contributed by atoms with Crippen molar-refractivity contribution in [2.24, 2.45) is 11.8 Å². The van der Waals surface area contributed by atoms with Crippen LogP contribution in [0.5, 0.6) is 0 Å². The van der Waals surface area contributed by atoms with E-state index in [0.29, 0.717) is 6.42 Å². The first-order chi connectivity index (χ1) is 14.5. The van der Waals surface area contributed by atoms with Crippen LogP contribution in [0.1, 0.15) is 30.0 Å². The molecule has 0 aliphatic rings. The van der Waals surface area contributed by atoms with E-state index in [4.69, 9.17) is 0 Å². The van der Waals surface area contributed by atoms with E-state index in [-0.39, 0.29) is 11.8 Å². The molecule has 0 fully saturated rings. The Bertz CT molecular complexity index is 1000. The molecular formula is C25H27NO2S2. The van der Waals surface area contributed by atoms with E-state index < -0.39 is 5.97 Å². The highest BCUT2D eigenvalue weighted by Gasteiger charge is 2.23. The largest absolute Gasteiger partial charge is 0.481 e. The number of fused-ring (bicyclic) bond motifs is 2. The lowest BCUT2D eigenvalue weighted by molar-refractivity contribution is -0.143. The van der Waals surface area contributed by atoms with Crippen LogP contribution in [-0.4, -0.2) is 22.5 Å². The minimum atomic E-state index is -0.686. The number of carboxylic acid groups (broad SMARTS) is 1. The highest BCUT2D eigenvalue weighted by atomic mass is 32.1. The van der Waals surface area contributed by atoms with E-state index in [1.54, 1.807) is 0 Å². The van der Waals surface area contributed by atoms with Gasteiger partial charge in [0.05, 0.1) is 5.92 Å². The van der Waals surface area contributed by atoms with Crippen molar-refractivity contribution in [3.8, 4) is 0 Å². The van der Waals surface area contributed by atoms with E-state index in [0.717, 1.165) is 19.6 Å². The van der Waals surface area contributed by atoms with Crippen molar-refractivity contribution in [2.45, 2.75) is 33.4 Å². The zero-order valence-corrected chi connectivity index (χ0v) is 19.0. The Labute approximate surface area is 185 Å². The number of hydrogen-bond donors (Lipinski definition) is 1. The molecule has 5 heteroatoms. The number of aliphatic carboxylic acids is 1. The molecule has 0 spiro atoms. The van der Waals surface area contributed by atoms with Gasteiger partial charge in [-0.25, -0.2) is 0 Å². The van der Waals surface area contributed by atoms with Crippen LogP contribution in [0.15, 0.2) is 60.7 Å². The van der Waals surface area contributed by atoms with Crippen LogP contribution in [0.4, 0.5) is 0 Å². The molecule has 2 heterocycles. The van der Waals surface area contributed by atoms with Gasteiger partial charge < -0.3 is 5.11 Å². The first-order valence-electron chi connectivity index (χ1n) is 10.4. The van der Waals surface area contributed by atoms with Gasteiger partial charge in [-0.05, 0) is 53.9 Å². The lowest BCUT2D eigenvalue weighted by Gasteiger charge is -2.24. The maximum atomic E-state index is 11.7. The fraction of sp³-hybridized carbons (Fsp3) is 0.320. The molecule has 0 amide bonds. The van der Waals surface area contributed by atoms with Gasteiger partial charge in [-0.15, -0.1) is 22.7 Å². The summed E-state index contributed by atoms with van der Waals surface area (Å²) in [5, 5.41) is 12.2. The quantitative estimate of drug-likeness (QED) is 0.311. The predicted octanol–water partition coefficient (Wildman–Crippen LogP) is 6.87. The Hall–Kier alpha value is -2.21. The van der Waals surface area contributed by atoms with Crippen LogP contribution >= 0.6 is 22.7 Å². The molecule has 2 aromatic carbocycles. The van der Waals surface area contributed by atoms with Crippen molar-refractivity contribution < 1.29 is 9.90 Å². The molecule has 156 valence electrons. The molecule has 30 heavy (non-hydrogen) atoms. The SMILES string of the molecule is CC(C)C(CCN(Cc1cc2ccccc2s1)Cc1cc2ccccc2s1)C(=O)O. The number of thiophene rings is 2. The van der Waals surface area contributed by atoms with Gasteiger partial charge >= 0.3 is 5.97 Å². The van der Waals surface area contributed by atoms with Gasteiger partial charge in [-0.2, -0.15) is 0 Å². The molecule has 0 aliphatic heterocycles. The molecule has 0 saturated carbocycles. The molecule has 4 rings (SSSR count). The second-order valence-electron chi connectivity index (χ2n) is 8.19. The van der Waals surface area contributed by atoms with Gasteiger partial charge in [0.15, 0.2) is 0 Å². The summed E-state index contributed by atoms with van der Waals surface area (Å²) in [4.78, 5) is 16.8. The number of carboxylic acids is 1. The van der Waals surface area contributed by atoms with Gasteiger partial charge in [-0.1, -0.05) is 50.2 Å². The molecule has 1 N–H and O–H groups in total. The standard InChI is InChI=1S/C25H27NO2S2/c1-17(2)22(25(27)28)11-12-26(15-20-13-18-7-3-5-9-23(18)29-20)16-21-14-19-8-4-6-10-24(19)30-21/h3-10,13-14,17,22H,11-12,15-16H2,1-2H3,(H,27,28). The van der Waals surface area contributed by atoms with Crippen molar-refractivity contribution in [3.63, 3.8) is 0 Å². The molecule has 3 nitrogen and oxygen atoms in total. The number of nitrogens with zero attached hydrogens (tertiary/aromatic N) is 1. The molecule has 1 atom stereocenters. The number of benzene rings is 2. The summed E-state index contributed by atoms with van der Waals surface area (Å²) in [6, 6.07) is 21.5. The van der Waals surface area contributed by atoms with Crippen molar-refractivity contribution >= 4 is 48.8 Å². The molecule has 0 radical (unpaired) electrons. The predicted molar refractivity (Wildman–Crippen MR) is 128 cm³/mol. The highest BCUT2D eigenvalue weighted by molar-refractivity contribution is 7.19. The van der Waals surface area contributed by atoms with Crippen molar-refractivity contribution in [3.05, 3.63) is 70.4 Å². The van der Waals surface area contributed by atoms with Crippen molar-refractivity contribution in [1.82, 2.24) is 4.90 Å². The fourth-order valence-corrected chi connectivity index (χ4v) is 6.16. The van der Waals surface area contributed by atoms with Crippen LogP contribution < -0.4 is 0 Å². The van der Waals surface area contributed by atoms with Crippen LogP contribution in [0.25, 0.3) is 20.2 Å². The molecular weight excluding hydrogens is 410 g/mol. The van der Waals surface area contributed by atoms with Crippen LogP contribution in [-0.2, 0) is 17.9 Å². The lowest BCUT2D eigenvalue weighted by Crippen LogP contribution is -2.29. The van der Waals surface area contributed by atoms with Gasteiger partial charge in [-0.3, -0.25) is 9.69 Å².